The summed E-state index contributed by atoms with van der Waals surface area (Å²) in [4.78, 5) is 12.0. The van der Waals surface area contributed by atoms with Crippen LogP contribution in [0.15, 0.2) is 23.0 Å². The zero-order chi connectivity index (χ0) is 14.8. The van der Waals surface area contributed by atoms with Gasteiger partial charge in [0.15, 0.2) is 0 Å². The number of thiophene rings is 1. The predicted molar refractivity (Wildman–Crippen MR) is 81.5 cm³/mol. The van der Waals surface area contributed by atoms with Gasteiger partial charge in [0, 0.05) is 30.3 Å². The van der Waals surface area contributed by atoms with E-state index in [2.05, 4.69) is 15.7 Å². The van der Waals surface area contributed by atoms with Crippen molar-refractivity contribution in [3.63, 3.8) is 0 Å². The van der Waals surface area contributed by atoms with Gasteiger partial charge in [-0.1, -0.05) is 0 Å². The Morgan fingerprint density at radius 1 is 1.57 bits per heavy atom. The van der Waals surface area contributed by atoms with E-state index in [-0.39, 0.29) is 18.2 Å². The number of anilines is 1. The summed E-state index contributed by atoms with van der Waals surface area (Å²) < 4.78 is 7.61. The summed E-state index contributed by atoms with van der Waals surface area (Å²) in [6, 6.07) is 1.64. The van der Waals surface area contributed by atoms with Crippen LogP contribution in [0, 0.1) is 6.92 Å². The number of rotatable bonds is 3. The van der Waals surface area contributed by atoms with Crippen LogP contribution in [-0.2, 0) is 11.8 Å². The van der Waals surface area contributed by atoms with E-state index >= 15 is 0 Å². The lowest BCUT2D eigenvalue weighted by Gasteiger charge is -2.20. The minimum atomic E-state index is -0.199. The lowest BCUT2D eigenvalue weighted by molar-refractivity contribution is 0.0998. The van der Waals surface area contributed by atoms with E-state index in [0.29, 0.717) is 6.61 Å². The van der Waals surface area contributed by atoms with E-state index in [0.717, 1.165) is 23.4 Å². The minimum Gasteiger partial charge on any atom is -0.371 e. The van der Waals surface area contributed by atoms with Crippen LogP contribution >= 0.6 is 11.3 Å². The first-order chi connectivity index (χ1) is 10.1. The van der Waals surface area contributed by atoms with Crippen LogP contribution in [0.5, 0.6) is 0 Å². The van der Waals surface area contributed by atoms with Gasteiger partial charge in [-0.2, -0.15) is 16.4 Å². The molecule has 0 bridgehead atoms. The maximum atomic E-state index is 12.0. The molecule has 2 atom stereocenters. The number of hydrogen-bond acceptors (Lipinski definition) is 4. The van der Waals surface area contributed by atoms with Crippen molar-refractivity contribution in [2.45, 2.75) is 25.5 Å². The summed E-state index contributed by atoms with van der Waals surface area (Å²) in [5, 5.41) is 13.9. The smallest absolute Gasteiger partial charge is 0.319 e. The zero-order valence-electron chi connectivity index (χ0n) is 12.0. The first-order valence-corrected chi connectivity index (χ1v) is 7.79. The summed E-state index contributed by atoms with van der Waals surface area (Å²) in [7, 11) is 1.90. The molecule has 0 aromatic carbocycles. The number of amides is 2. The molecule has 1 aliphatic rings. The summed E-state index contributed by atoms with van der Waals surface area (Å²) >= 11 is 1.55. The van der Waals surface area contributed by atoms with Gasteiger partial charge in [-0.3, -0.25) is 4.68 Å². The second kappa shape index (κ2) is 5.87. The number of carbonyl (C=O) groups is 1. The number of ether oxygens (including phenoxy) is 1. The van der Waals surface area contributed by atoms with Gasteiger partial charge < -0.3 is 15.4 Å². The Kier molecular flexibility index (Phi) is 3.94. The highest BCUT2D eigenvalue weighted by Crippen LogP contribution is 2.31. The Morgan fingerprint density at radius 3 is 3.10 bits per heavy atom. The molecule has 112 valence electrons. The van der Waals surface area contributed by atoms with Crippen molar-refractivity contribution in [3.05, 3.63) is 34.3 Å². The number of nitrogens with zero attached hydrogens (tertiary/aromatic N) is 2. The quantitative estimate of drug-likeness (QED) is 0.915. The van der Waals surface area contributed by atoms with Gasteiger partial charge in [0.2, 0.25) is 0 Å². The fourth-order valence-corrected chi connectivity index (χ4v) is 3.10. The monoisotopic (exact) mass is 306 g/mol. The SMILES string of the molecule is Cc1c([C@H]2OCC[C@@H]2NC(=O)Nc2ccsc2)cnn1C. The minimum absolute atomic E-state index is 0.0356. The van der Waals surface area contributed by atoms with Gasteiger partial charge in [0.1, 0.15) is 6.10 Å². The van der Waals surface area contributed by atoms with Crippen LogP contribution < -0.4 is 10.6 Å². The van der Waals surface area contributed by atoms with Crippen molar-refractivity contribution in [2.24, 2.45) is 7.05 Å². The normalized spacial score (nSPS) is 21.4. The molecule has 1 fully saturated rings. The number of hydrogen-bond donors (Lipinski definition) is 2. The number of aromatic nitrogens is 2. The molecule has 2 N–H and O–H groups in total. The first-order valence-electron chi connectivity index (χ1n) is 6.85. The second-order valence-corrected chi connectivity index (χ2v) is 5.89. The summed E-state index contributed by atoms with van der Waals surface area (Å²) in [5.41, 5.74) is 2.91. The van der Waals surface area contributed by atoms with Crippen molar-refractivity contribution in [1.29, 1.82) is 0 Å². The van der Waals surface area contributed by atoms with E-state index in [1.165, 1.54) is 0 Å². The highest BCUT2D eigenvalue weighted by atomic mass is 32.1. The van der Waals surface area contributed by atoms with Gasteiger partial charge in [-0.15, -0.1) is 0 Å². The lowest BCUT2D eigenvalue weighted by Crippen LogP contribution is -2.39. The van der Waals surface area contributed by atoms with Crippen molar-refractivity contribution >= 4 is 23.1 Å². The Labute approximate surface area is 127 Å². The summed E-state index contributed by atoms with van der Waals surface area (Å²) in [6.07, 6.45) is 2.49. The number of nitrogens with one attached hydrogen (secondary N) is 2. The second-order valence-electron chi connectivity index (χ2n) is 5.11. The molecule has 0 saturated carbocycles. The van der Waals surface area contributed by atoms with Gasteiger partial charge in [-0.05, 0) is 24.8 Å². The van der Waals surface area contributed by atoms with E-state index in [4.69, 9.17) is 4.74 Å². The summed E-state index contributed by atoms with van der Waals surface area (Å²) in [5.74, 6) is 0. The zero-order valence-corrected chi connectivity index (χ0v) is 12.8. The van der Waals surface area contributed by atoms with Gasteiger partial charge >= 0.3 is 6.03 Å². The average Bonchev–Trinajstić information content (AvgIpc) is 3.15. The van der Waals surface area contributed by atoms with Crippen LogP contribution in [-0.4, -0.2) is 28.5 Å². The first kappa shape index (κ1) is 14.1. The third kappa shape index (κ3) is 2.93. The summed E-state index contributed by atoms with van der Waals surface area (Å²) in [6.45, 7) is 2.65. The largest absolute Gasteiger partial charge is 0.371 e. The maximum absolute atomic E-state index is 12.0. The molecule has 0 aliphatic carbocycles. The van der Waals surface area contributed by atoms with Crippen molar-refractivity contribution in [2.75, 3.05) is 11.9 Å². The standard InChI is InChI=1S/C14H18N4O2S/c1-9-11(7-15-18(9)2)13-12(3-5-20-13)17-14(19)16-10-4-6-21-8-10/h4,6-8,12-13H,3,5H2,1-2H3,(H2,16,17,19)/t12-,13+/m0/s1. The molecule has 21 heavy (non-hydrogen) atoms. The van der Waals surface area contributed by atoms with Crippen LogP contribution in [0.3, 0.4) is 0 Å². The molecular formula is C14H18N4O2S. The van der Waals surface area contributed by atoms with E-state index in [9.17, 15) is 4.79 Å². The molecule has 0 unspecified atom stereocenters. The molecule has 3 heterocycles. The highest BCUT2D eigenvalue weighted by Gasteiger charge is 2.33. The lowest BCUT2D eigenvalue weighted by atomic mass is 10.0. The molecular weight excluding hydrogens is 288 g/mol. The van der Waals surface area contributed by atoms with Crippen molar-refractivity contribution in [3.8, 4) is 0 Å². The molecule has 2 aromatic rings. The molecule has 6 nitrogen and oxygen atoms in total. The topological polar surface area (TPSA) is 68.2 Å². The molecule has 2 amide bonds. The fraction of sp³-hybridized carbons (Fsp3) is 0.429. The Morgan fingerprint density at radius 2 is 2.43 bits per heavy atom. The highest BCUT2D eigenvalue weighted by molar-refractivity contribution is 7.08. The molecule has 2 aromatic heterocycles. The van der Waals surface area contributed by atoms with Gasteiger partial charge in [-0.25, -0.2) is 4.79 Å². The third-order valence-corrected chi connectivity index (χ3v) is 4.45. The number of aryl methyl sites for hydroxylation is 1. The van der Waals surface area contributed by atoms with E-state index in [1.54, 1.807) is 11.3 Å². The Hall–Kier alpha value is -1.86. The fourth-order valence-electron chi connectivity index (χ4n) is 2.51. The molecule has 7 heteroatoms. The average molecular weight is 306 g/mol. The van der Waals surface area contributed by atoms with E-state index < -0.39 is 0 Å². The van der Waals surface area contributed by atoms with Crippen LogP contribution in [0.1, 0.15) is 23.8 Å². The Balaban J connectivity index is 1.67. The third-order valence-electron chi connectivity index (χ3n) is 3.77. The predicted octanol–water partition coefficient (Wildman–Crippen LogP) is 2.44. The molecule has 1 saturated heterocycles. The van der Waals surface area contributed by atoms with E-state index in [1.807, 2.05) is 41.7 Å². The van der Waals surface area contributed by atoms with Crippen LogP contribution in [0.2, 0.25) is 0 Å². The molecule has 1 aliphatic heterocycles. The molecule has 0 spiro atoms. The molecule has 0 radical (unpaired) electrons. The van der Waals surface area contributed by atoms with Gasteiger partial charge in [0.05, 0.1) is 17.9 Å². The molecule has 3 rings (SSSR count). The number of carbonyl (C=O) groups excluding carboxylic acids is 1. The van der Waals surface area contributed by atoms with Gasteiger partial charge in [0.25, 0.3) is 0 Å². The number of urea groups is 1. The van der Waals surface area contributed by atoms with Crippen molar-refractivity contribution < 1.29 is 9.53 Å². The van der Waals surface area contributed by atoms with Crippen LogP contribution in [0.25, 0.3) is 0 Å². The maximum Gasteiger partial charge on any atom is 0.319 e. The van der Waals surface area contributed by atoms with Crippen LogP contribution in [0.4, 0.5) is 10.5 Å². The Bertz CT molecular complexity index is 623. The van der Waals surface area contributed by atoms with Crippen molar-refractivity contribution in [1.82, 2.24) is 15.1 Å².